The van der Waals surface area contributed by atoms with Crippen LogP contribution in [0.4, 0.5) is 26.3 Å². The number of hydrogen-bond acceptors (Lipinski definition) is 5. The van der Waals surface area contributed by atoms with E-state index in [2.05, 4.69) is 40.8 Å². The average molecular weight is 487 g/mol. The fraction of sp³-hybridized carbons (Fsp3) is 0.650. The molecule has 2 N–H and O–H groups in total. The van der Waals surface area contributed by atoms with Crippen LogP contribution in [0.2, 0.25) is 0 Å². The lowest BCUT2D eigenvalue weighted by molar-refractivity contribution is -0.193. The third-order valence-corrected chi connectivity index (χ3v) is 4.98. The summed E-state index contributed by atoms with van der Waals surface area (Å²) in [4.78, 5) is 27.6. The molecule has 3 heterocycles. The van der Waals surface area contributed by atoms with Gasteiger partial charge in [-0.1, -0.05) is 19.9 Å². The molecule has 0 radical (unpaired) electrons. The minimum Gasteiger partial charge on any atom is -0.475 e. The average Bonchev–Trinajstić information content (AvgIpc) is 3.25. The lowest BCUT2D eigenvalue weighted by Crippen LogP contribution is -2.37. The Morgan fingerprint density at radius 2 is 1.42 bits per heavy atom. The van der Waals surface area contributed by atoms with Crippen molar-refractivity contribution < 1.29 is 46.1 Å². The van der Waals surface area contributed by atoms with Gasteiger partial charge in [0.2, 0.25) is 0 Å². The number of rotatable bonds is 4. The maximum atomic E-state index is 10.6. The van der Waals surface area contributed by atoms with Crippen LogP contribution in [0.5, 0.6) is 0 Å². The van der Waals surface area contributed by atoms with Crippen molar-refractivity contribution >= 4 is 11.9 Å². The number of fused-ring (bicyclic) bond motifs is 1. The van der Waals surface area contributed by atoms with E-state index in [1.165, 1.54) is 38.2 Å². The van der Waals surface area contributed by atoms with Crippen molar-refractivity contribution in [1.82, 2.24) is 14.8 Å². The third-order valence-electron chi connectivity index (χ3n) is 4.98. The number of carbonyl (C=O) groups is 2. The smallest absolute Gasteiger partial charge is 0.475 e. The highest BCUT2D eigenvalue weighted by Crippen LogP contribution is 2.32. The Hall–Kier alpha value is -2.41. The molecule has 1 aromatic heterocycles. The normalized spacial score (nSPS) is 21.0. The van der Waals surface area contributed by atoms with Crippen LogP contribution in [0.15, 0.2) is 24.4 Å². The van der Waals surface area contributed by atoms with Gasteiger partial charge in [0.25, 0.3) is 0 Å². The van der Waals surface area contributed by atoms with E-state index in [4.69, 9.17) is 19.8 Å². The minimum atomic E-state index is -5.08. The topological polar surface area (TPSA) is 94.0 Å². The van der Waals surface area contributed by atoms with E-state index >= 15 is 0 Å². The Labute approximate surface area is 187 Å². The van der Waals surface area contributed by atoms with Gasteiger partial charge in [0.1, 0.15) is 0 Å². The second-order valence-electron chi connectivity index (χ2n) is 8.00. The van der Waals surface area contributed by atoms with Crippen molar-refractivity contribution in [3.05, 3.63) is 30.1 Å². The molecule has 0 spiro atoms. The summed E-state index contributed by atoms with van der Waals surface area (Å²) in [5.41, 5.74) is 1.21. The van der Waals surface area contributed by atoms with Gasteiger partial charge in [-0.3, -0.25) is 14.8 Å². The highest BCUT2D eigenvalue weighted by atomic mass is 19.4. The molecule has 3 rings (SSSR count). The second-order valence-corrected chi connectivity index (χ2v) is 8.00. The second kappa shape index (κ2) is 12.2. The summed E-state index contributed by atoms with van der Waals surface area (Å²) < 4.78 is 63.5. The predicted molar refractivity (Wildman–Crippen MR) is 105 cm³/mol. The van der Waals surface area contributed by atoms with Gasteiger partial charge >= 0.3 is 24.3 Å². The Bertz CT molecular complexity index is 734. The first-order valence-corrected chi connectivity index (χ1v) is 10.1. The number of halogens is 6. The van der Waals surface area contributed by atoms with Gasteiger partial charge in [-0.15, -0.1) is 0 Å². The molecular weight excluding hydrogens is 460 g/mol. The van der Waals surface area contributed by atoms with Gasteiger partial charge in [-0.2, -0.15) is 26.3 Å². The number of carboxylic acid groups (broad SMARTS) is 2. The summed E-state index contributed by atoms with van der Waals surface area (Å²) in [6.07, 6.45) is -5.59. The standard InChI is InChI=1S/C16H25N3.2C2HF3O2/c1-13(2)11-18-9-6-16-15(18)7-10-19(16)12-14-5-3-4-8-17-14;2*3-2(4,5)1(6)7/h3-5,8,13,15-16H,6-7,9-12H2,1-2H3;2*(H,6,7)/t15-,16+;;/m0../s1. The minimum absolute atomic E-state index is 0.765. The van der Waals surface area contributed by atoms with Crippen molar-refractivity contribution in [2.75, 3.05) is 19.6 Å². The number of likely N-dealkylation sites (tertiary alicyclic amines) is 2. The van der Waals surface area contributed by atoms with Gasteiger partial charge in [-0.25, -0.2) is 9.59 Å². The molecule has 0 bridgehead atoms. The highest BCUT2D eigenvalue weighted by molar-refractivity contribution is 5.73. The predicted octanol–water partition coefficient (Wildman–Crippen LogP) is 3.65. The molecule has 2 saturated heterocycles. The fourth-order valence-corrected chi connectivity index (χ4v) is 3.76. The molecule has 0 saturated carbocycles. The van der Waals surface area contributed by atoms with Crippen LogP contribution >= 0.6 is 0 Å². The lowest BCUT2D eigenvalue weighted by atomic mass is 10.1. The summed E-state index contributed by atoms with van der Waals surface area (Å²) in [7, 11) is 0. The number of aliphatic carboxylic acids is 2. The van der Waals surface area contributed by atoms with Crippen molar-refractivity contribution in [3.63, 3.8) is 0 Å². The molecule has 0 unspecified atom stereocenters. The van der Waals surface area contributed by atoms with Gasteiger partial charge < -0.3 is 10.2 Å². The maximum absolute atomic E-state index is 10.6. The van der Waals surface area contributed by atoms with Crippen LogP contribution in [0.1, 0.15) is 32.4 Å². The lowest BCUT2D eigenvalue weighted by Gasteiger charge is -2.26. The van der Waals surface area contributed by atoms with Crippen LogP contribution < -0.4 is 0 Å². The Morgan fingerprint density at radius 3 is 1.82 bits per heavy atom. The van der Waals surface area contributed by atoms with Gasteiger partial charge in [0.15, 0.2) is 0 Å². The van der Waals surface area contributed by atoms with Crippen LogP contribution in [-0.2, 0) is 16.1 Å². The SMILES string of the molecule is CC(C)CN1CC[C@@H]2[C@@H]1CCN2Cc1ccccn1.O=C(O)C(F)(F)F.O=C(O)C(F)(F)F. The molecule has 0 amide bonds. The molecule has 2 aliphatic heterocycles. The van der Waals surface area contributed by atoms with Crippen LogP contribution in [0.25, 0.3) is 0 Å². The summed E-state index contributed by atoms with van der Waals surface area (Å²) in [5.74, 6) is -4.73. The molecule has 13 heteroatoms. The number of hydrogen-bond donors (Lipinski definition) is 2. The van der Waals surface area contributed by atoms with Crippen LogP contribution in [0.3, 0.4) is 0 Å². The van der Waals surface area contributed by atoms with Crippen molar-refractivity contribution in [2.45, 2.75) is 57.7 Å². The van der Waals surface area contributed by atoms with E-state index in [-0.39, 0.29) is 0 Å². The quantitative estimate of drug-likeness (QED) is 0.627. The van der Waals surface area contributed by atoms with Gasteiger partial charge in [0, 0.05) is 44.5 Å². The van der Waals surface area contributed by atoms with E-state index in [9.17, 15) is 26.3 Å². The monoisotopic (exact) mass is 487 g/mol. The van der Waals surface area contributed by atoms with E-state index in [0.29, 0.717) is 0 Å². The molecule has 188 valence electrons. The molecule has 0 aliphatic carbocycles. The summed E-state index contributed by atoms with van der Waals surface area (Å²) >= 11 is 0. The molecule has 2 atom stereocenters. The van der Waals surface area contributed by atoms with Crippen LogP contribution in [-0.4, -0.2) is 81.0 Å². The zero-order valence-electron chi connectivity index (χ0n) is 18.1. The number of aromatic nitrogens is 1. The van der Waals surface area contributed by atoms with E-state index in [1.54, 1.807) is 0 Å². The molecule has 2 fully saturated rings. The Morgan fingerprint density at radius 1 is 0.970 bits per heavy atom. The molecular formula is C20H27F6N3O4. The largest absolute Gasteiger partial charge is 0.490 e. The number of alkyl halides is 6. The molecule has 33 heavy (non-hydrogen) atoms. The molecule has 0 aromatic carbocycles. The Kier molecular flexibility index (Phi) is 10.6. The first kappa shape index (κ1) is 28.6. The van der Waals surface area contributed by atoms with Crippen molar-refractivity contribution in [1.29, 1.82) is 0 Å². The van der Waals surface area contributed by atoms with Crippen molar-refractivity contribution in [3.8, 4) is 0 Å². The number of carboxylic acids is 2. The Balaban J connectivity index is 0.000000324. The number of nitrogens with zero attached hydrogens (tertiary/aromatic N) is 3. The van der Waals surface area contributed by atoms with E-state index in [1.807, 2.05) is 12.3 Å². The third kappa shape index (κ3) is 9.95. The van der Waals surface area contributed by atoms with E-state index < -0.39 is 24.3 Å². The van der Waals surface area contributed by atoms with Gasteiger partial charge in [0.05, 0.1) is 5.69 Å². The van der Waals surface area contributed by atoms with E-state index in [0.717, 1.165) is 24.5 Å². The zero-order chi connectivity index (χ0) is 25.4. The fourth-order valence-electron chi connectivity index (χ4n) is 3.76. The summed E-state index contributed by atoms with van der Waals surface area (Å²) in [6.45, 7) is 9.46. The molecule has 1 aromatic rings. The van der Waals surface area contributed by atoms with Crippen molar-refractivity contribution in [2.24, 2.45) is 5.92 Å². The zero-order valence-corrected chi connectivity index (χ0v) is 18.1. The summed E-state index contributed by atoms with van der Waals surface area (Å²) in [6, 6.07) is 7.80. The first-order chi connectivity index (χ1) is 15.1. The highest BCUT2D eigenvalue weighted by Gasteiger charge is 2.42. The maximum Gasteiger partial charge on any atom is 0.490 e. The van der Waals surface area contributed by atoms with Gasteiger partial charge in [-0.05, 0) is 30.9 Å². The summed E-state index contributed by atoms with van der Waals surface area (Å²) in [5, 5.41) is 14.2. The number of pyridine rings is 1. The first-order valence-electron chi connectivity index (χ1n) is 10.1. The van der Waals surface area contributed by atoms with Crippen LogP contribution in [0, 0.1) is 5.92 Å². The molecule has 7 nitrogen and oxygen atoms in total. The molecule has 2 aliphatic rings.